The van der Waals surface area contributed by atoms with Gasteiger partial charge in [-0.3, -0.25) is 0 Å². The summed E-state index contributed by atoms with van der Waals surface area (Å²) in [6.45, 7) is 4.92. The largest absolute Gasteiger partial charge is 0.0876 e. The van der Waals surface area contributed by atoms with Gasteiger partial charge in [-0.1, -0.05) is 54.0 Å². The Labute approximate surface area is 113 Å². The Kier molecular flexibility index (Phi) is 3.06. The Hall–Kier alpha value is -0.300. The molecule has 2 saturated carbocycles. The van der Waals surface area contributed by atoms with Crippen LogP contribution in [0.4, 0.5) is 0 Å². The van der Waals surface area contributed by atoms with Crippen LogP contribution in [0.15, 0.2) is 24.3 Å². The van der Waals surface area contributed by atoms with Crippen LogP contribution in [0.3, 0.4) is 0 Å². The van der Waals surface area contributed by atoms with Gasteiger partial charge in [0.25, 0.3) is 0 Å². The molecule has 0 spiro atoms. The van der Waals surface area contributed by atoms with Crippen molar-refractivity contribution >= 4 is 15.9 Å². The Bertz CT molecular complexity index is 392. The third-order valence-corrected chi connectivity index (χ3v) is 6.11. The zero-order valence-corrected chi connectivity index (χ0v) is 12.3. The summed E-state index contributed by atoms with van der Waals surface area (Å²) in [5.74, 6) is 4.67. The lowest BCUT2D eigenvalue weighted by atomic mass is 9.73. The van der Waals surface area contributed by atoms with E-state index in [-0.39, 0.29) is 0 Å². The van der Waals surface area contributed by atoms with E-state index >= 15 is 0 Å². The normalized spacial score (nSPS) is 39.8. The van der Waals surface area contributed by atoms with Gasteiger partial charge in [0.1, 0.15) is 0 Å². The molecule has 2 aliphatic rings. The SMILES string of the molecule is CC1C(C)[C@H]2C[C@H]1C[C@@H]2c1ccc(CBr)cc1. The van der Waals surface area contributed by atoms with E-state index in [9.17, 15) is 0 Å². The molecule has 1 heteroatoms. The first-order valence-electron chi connectivity index (χ1n) is 6.85. The molecule has 2 unspecified atom stereocenters. The van der Waals surface area contributed by atoms with Crippen LogP contribution in [-0.2, 0) is 5.33 Å². The van der Waals surface area contributed by atoms with E-state index in [1.165, 1.54) is 18.4 Å². The van der Waals surface area contributed by atoms with Gasteiger partial charge >= 0.3 is 0 Å². The molecule has 0 nitrogen and oxygen atoms in total. The molecule has 0 amide bonds. The summed E-state index contributed by atoms with van der Waals surface area (Å²) in [5.41, 5.74) is 2.97. The minimum Gasteiger partial charge on any atom is -0.0876 e. The van der Waals surface area contributed by atoms with Crippen molar-refractivity contribution in [2.45, 2.75) is 37.9 Å². The first-order chi connectivity index (χ1) is 8.20. The van der Waals surface area contributed by atoms with Gasteiger partial charge in [-0.05, 0) is 53.6 Å². The molecule has 0 heterocycles. The van der Waals surface area contributed by atoms with Crippen molar-refractivity contribution in [1.29, 1.82) is 0 Å². The maximum Gasteiger partial charge on any atom is 0.0283 e. The van der Waals surface area contributed by atoms with E-state index in [1.54, 1.807) is 5.56 Å². The summed E-state index contributed by atoms with van der Waals surface area (Å²) in [5, 5.41) is 0.970. The van der Waals surface area contributed by atoms with E-state index in [0.29, 0.717) is 0 Å². The summed E-state index contributed by atoms with van der Waals surface area (Å²) in [4.78, 5) is 0. The van der Waals surface area contributed by atoms with Gasteiger partial charge in [-0.15, -0.1) is 0 Å². The quantitative estimate of drug-likeness (QED) is 0.675. The van der Waals surface area contributed by atoms with E-state index < -0.39 is 0 Å². The van der Waals surface area contributed by atoms with Crippen LogP contribution in [0.1, 0.15) is 43.7 Å². The number of benzene rings is 1. The highest BCUT2D eigenvalue weighted by atomic mass is 79.9. The predicted molar refractivity (Wildman–Crippen MR) is 76.4 cm³/mol. The molecule has 0 aromatic heterocycles. The molecule has 0 aliphatic heterocycles. The Morgan fingerprint density at radius 2 is 1.76 bits per heavy atom. The standard InChI is InChI=1S/C16H21Br/c1-10-11(2)15-7-14(10)8-16(15)13-5-3-12(9-17)4-6-13/h3-6,10-11,14-16H,7-9H2,1-2H3/t10?,11?,14-,15+,16+/m0/s1. The first kappa shape index (κ1) is 11.8. The number of alkyl halides is 1. The van der Waals surface area contributed by atoms with E-state index in [2.05, 4.69) is 54.0 Å². The van der Waals surface area contributed by atoms with Crippen LogP contribution < -0.4 is 0 Å². The van der Waals surface area contributed by atoms with Gasteiger partial charge in [0.2, 0.25) is 0 Å². The lowest BCUT2D eigenvalue weighted by Crippen LogP contribution is -2.23. The van der Waals surface area contributed by atoms with Crippen LogP contribution in [-0.4, -0.2) is 0 Å². The Morgan fingerprint density at radius 1 is 1.06 bits per heavy atom. The van der Waals surface area contributed by atoms with Crippen molar-refractivity contribution < 1.29 is 0 Å². The highest BCUT2D eigenvalue weighted by Gasteiger charge is 2.48. The molecular formula is C16H21Br. The van der Waals surface area contributed by atoms with E-state index in [4.69, 9.17) is 0 Å². The van der Waals surface area contributed by atoms with Crippen molar-refractivity contribution in [2.75, 3.05) is 0 Å². The average molecular weight is 293 g/mol. The number of halogens is 1. The lowest BCUT2D eigenvalue weighted by Gasteiger charge is -2.32. The minimum atomic E-state index is 0.843. The number of rotatable bonds is 2. The van der Waals surface area contributed by atoms with Crippen LogP contribution in [0.5, 0.6) is 0 Å². The highest BCUT2D eigenvalue weighted by Crippen LogP contribution is 2.58. The van der Waals surface area contributed by atoms with Gasteiger partial charge in [0, 0.05) is 5.33 Å². The molecule has 0 N–H and O–H groups in total. The molecule has 0 saturated heterocycles. The molecule has 5 atom stereocenters. The maximum atomic E-state index is 3.52. The van der Waals surface area contributed by atoms with Gasteiger partial charge < -0.3 is 0 Å². The van der Waals surface area contributed by atoms with Crippen LogP contribution >= 0.6 is 15.9 Å². The van der Waals surface area contributed by atoms with Crippen molar-refractivity contribution in [3.05, 3.63) is 35.4 Å². The molecule has 17 heavy (non-hydrogen) atoms. The van der Waals surface area contributed by atoms with Crippen molar-refractivity contribution in [2.24, 2.45) is 23.7 Å². The zero-order valence-electron chi connectivity index (χ0n) is 10.7. The lowest BCUT2D eigenvalue weighted by molar-refractivity contribution is 0.232. The first-order valence-corrected chi connectivity index (χ1v) is 7.97. The fourth-order valence-corrected chi connectivity index (χ4v) is 4.55. The number of hydrogen-bond donors (Lipinski definition) is 0. The van der Waals surface area contributed by atoms with Gasteiger partial charge in [0.15, 0.2) is 0 Å². The van der Waals surface area contributed by atoms with Crippen LogP contribution in [0.25, 0.3) is 0 Å². The summed E-state index contributed by atoms with van der Waals surface area (Å²) >= 11 is 3.52. The fraction of sp³-hybridized carbons (Fsp3) is 0.625. The summed E-state index contributed by atoms with van der Waals surface area (Å²) in [7, 11) is 0. The summed E-state index contributed by atoms with van der Waals surface area (Å²) in [6, 6.07) is 9.28. The summed E-state index contributed by atoms with van der Waals surface area (Å²) in [6.07, 6.45) is 2.91. The molecule has 3 rings (SSSR count). The highest BCUT2D eigenvalue weighted by molar-refractivity contribution is 9.08. The second kappa shape index (κ2) is 4.42. The van der Waals surface area contributed by atoms with E-state index in [0.717, 1.165) is 34.9 Å². The van der Waals surface area contributed by atoms with Gasteiger partial charge in [0.05, 0.1) is 0 Å². The maximum absolute atomic E-state index is 3.52. The Morgan fingerprint density at radius 3 is 2.29 bits per heavy atom. The molecular weight excluding hydrogens is 272 g/mol. The molecule has 92 valence electrons. The molecule has 1 aromatic carbocycles. The second-order valence-corrected chi connectivity index (χ2v) is 6.66. The second-order valence-electron chi connectivity index (χ2n) is 6.10. The van der Waals surface area contributed by atoms with Crippen molar-refractivity contribution in [3.63, 3.8) is 0 Å². The van der Waals surface area contributed by atoms with Gasteiger partial charge in [-0.25, -0.2) is 0 Å². The third-order valence-electron chi connectivity index (χ3n) is 5.46. The topological polar surface area (TPSA) is 0 Å². The predicted octanol–water partition coefficient (Wildman–Crippen LogP) is 4.98. The molecule has 2 bridgehead atoms. The number of hydrogen-bond acceptors (Lipinski definition) is 0. The monoisotopic (exact) mass is 292 g/mol. The van der Waals surface area contributed by atoms with Crippen molar-refractivity contribution in [3.8, 4) is 0 Å². The molecule has 0 radical (unpaired) electrons. The minimum absolute atomic E-state index is 0.843. The van der Waals surface area contributed by atoms with E-state index in [1.807, 2.05) is 0 Å². The summed E-state index contributed by atoms with van der Waals surface area (Å²) < 4.78 is 0. The smallest absolute Gasteiger partial charge is 0.0283 e. The number of fused-ring (bicyclic) bond motifs is 2. The molecule has 2 aliphatic carbocycles. The zero-order chi connectivity index (χ0) is 12.0. The third kappa shape index (κ3) is 1.87. The molecule has 2 fully saturated rings. The van der Waals surface area contributed by atoms with Crippen molar-refractivity contribution in [1.82, 2.24) is 0 Å². The Balaban J connectivity index is 1.82. The average Bonchev–Trinajstić information content (AvgIpc) is 2.91. The van der Waals surface area contributed by atoms with Crippen LogP contribution in [0.2, 0.25) is 0 Å². The van der Waals surface area contributed by atoms with Crippen LogP contribution in [0, 0.1) is 23.7 Å². The fourth-order valence-electron chi connectivity index (χ4n) is 4.18. The van der Waals surface area contributed by atoms with Gasteiger partial charge in [-0.2, -0.15) is 0 Å². The molecule has 1 aromatic rings.